The summed E-state index contributed by atoms with van der Waals surface area (Å²) in [6.07, 6.45) is 1.24. The Kier molecular flexibility index (Phi) is 7.18. The van der Waals surface area contributed by atoms with Gasteiger partial charge in [-0.3, -0.25) is 9.69 Å². The van der Waals surface area contributed by atoms with Crippen LogP contribution < -0.4 is 5.73 Å². The molecule has 1 saturated heterocycles. The Hall–Kier alpha value is -2.68. The van der Waals surface area contributed by atoms with E-state index in [-0.39, 0.29) is 17.8 Å². The number of benzene rings is 2. The van der Waals surface area contributed by atoms with E-state index >= 15 is 0 Å². The van der Waals surface area contributed by atoms with Crippen molar-refractivity contribution in [3.8, 4) is 11.8 Å². The van der Waals surface area contributed by atoms with Gasteiger partial charge < -0.3 is 10.6 Å². The quantitative estimate of drug-likeness (QED) is 0.784. The van der Waals surface area contributed by atoms with Gasteiger partial charge in [0, 0.05) is 44.7 Å². The van der Waals surface area contributed by atoms with Crippen LogP contribution in [0.5, 0.6) is 0 Å². The maximum atomic E-state index is 13.1. The molecule has 1 aliphatic heterocycles. The standard InChI is InChI=1S/C23H26FN3O/c24-21-9-6-19(7-10-21)8-11-22(18-20-4-2-1-3-5-20)27-16-14-26(15-17-27)13-12-23(25)28/h1-7,9-10,22H,12-18H2,(H2,25,28)/t22-/m1/s1. The van der Waals surface area contributed by atoms with E-state index in [0.717, 1.165) is 38.2 Å². The molecule has 3 rings (SSSR count). The van der Waals surface area contributed by atoms with Gasteiger partial charge in [-0.15, -0.1) is 0 Å². The van der Waals surface area contributed by atoms with Gasteiger partial charge in [-0.2, -0.15) is 0 Å². The first-order chi connectivity index (χ1) is 13.6. The fourth-order valence-corrected chi connectivity index (χ4v) is 3.38. The van der Waals surface area contributed by atoms with E-state index in [9.17, 15) is 9.18 Å². The summed E-state index contributed by atoms with van der Waals surface area (Å²) >= 11 is 0. The maximum absolute atomic E-state index is 13.1. The molecule has 146 valence electrons. The maximum Gasteiger partial charge on any atom is 0.218 e. The lowest BCUT2D eigenvalue weighted by atomic mass is 10.0. The van der Waals surface area contributed by atoms with Crippen LogP contribution in [0, 0.1) is 17.7 Å². The lowest BCUT2D eigenvalue weighted by Crippen LogP contribution is -2.51. The van der Waals surface area contributed by atoms with Crippen molar-refractivity contribution in [1.82, 2.24) is 9.80 Å². The zero-order valence-electron chi connectivity index (χ0n) is 16.0. The first kappa shape index (κ1) is 20.1. The summed E-state index contributed by atoms with van der Waals surface area (Å²) in [4.78, 5) is 15.7. The third-order valence-corrected chi connectivity index (χ3v) is 5.02. The minimum absolute atomic E-state index is 0.0887. The van der Waals surface area contributed by atoms with Gasteiger partial charge in [-0.1, -0.05) is 42.2 Å². The van der Waals surface area contributed by atoms with E-state index in [1.807, 2.05) is 18.2 Å². The van der Waals surface area contributed by atoms with Crippen molar-refractivity contribution in [2.24, 2.45) is 5.73 Å². The number of hydrogen-bond donors (Lipinski definition) is 1. The summed E-state index contributed by atoms with van der Waals surface area (Å²) < 4.78 is 13.1. The Balaban J connectivity index is 1.68. The second kappa shape index (κ2) is 10.0. The predicted octanol–water partition coefficient (Wildman–Crippen LogP) is 2.28. The summed E-state index contributed by atoms with van der Waals surface area (Å²) in [5.74, 6) is 6.10. The number of rotatable bonds is 6. The highest BCUT2D eigenvalue weighted by atomic mass is 19.1. The number of halogens is 1. The number of carbonyl (C=O) groups is 1. The zero-order chi connectivity index (χ0) is 19.8. The number of nitrogens with zero attached hydrogens (tertiary/aromatic N) is 2. The van der Waals surface area contributed by atoms with Crippen LogP contribution in [-0.2, 0) is 11.2 Å². The molecule has 0 spiro atoms. The van der Waals surface area contributed by atoms with Gasteiger partial charge in [-0.25, -0.2) is 4.39 Å². The summed E-state index contributed by atoms with van der Waals surface area (Å²) in [6, 6.07) is 16.7. The molecule has 28 heavy (non-hydrogen) atoms. The van der Waals surface area contributed by atoms with E-state index < -0.39 is 0 Å². The molecule has 2 N–H and O–H groups in total. The van der Waals surface area contributed by atoms with Crippen LogP contribution in [0.15, 0.2) is 54.6 Å². The van der Waals surface area contributed by atoms with Gasteiger partial charge in [0.1, 0.15) is 5.82 Å². The number of primary amides is 1. The second-order valence-electron chi connectivity index (χ2n) is 7.08. The van der Waals surface area contributed by atoms with Gasteiger partial charge in [-0.05, 0) is 36.2 Å². The zero-order valence-corrected chi connectivity index (χ0v) is 16.0. The number of nitrogens with two attached hydrogens (primary N) is 1. The van der Waals surface area contributed by atoms with E-state index in [2.05, 4.69) is 33.8 Å². The number of piperazine rings is 1. The number of carbonyl (C=O) groups excluding carboxylic acids is 1. The van der Waals surface area contributed by atoms with E-state index in [1.165, 1.54) is 17.7 Å². The van der Waals surface area contributed by atoms with Crippen LogP contribution in [0.1, 0.15) is 17.5 Å². The molecule has 2 aromatic rings. The highest BCUT2D eigenvalue weighted by molar-refractivity contribution is 5.73. The predicted molar refractivity (Wildman–Crippen MR) is 109 cm³/mol. The minimum atomic E-state index is -0.255. The largest absolute Gasteiger partial charge is 0.370 e. The second-order valence-corrected chi connectivity index (χ2v) is 7.08. The summed E-state index contributed by atoms with van der Waals surface area (Å²) in [5, 5.41) is 0. The molecule has 0 unspecified atom stereocenters. The lowest BCUT2D eigenvalue weighted by molar-refractivity contribution is -0.118. The molecule has 0 aliphatic carbocycles. The first-order valence-corrected chi connectivity index (χ1v) is 9.66. The summed E-state index contributed by atoms with van der Waals surface area (Å²) in [6.45, 7) is 4.31. The molecule has 5 heteroatoms. The Morgan fingerprint density at radius 2 is 1.71 bits per heavy atom. The van der Waals surface area contributed by atoms with Crippen molar-refractivity contribution in [2.45, 2.75) is 18.9 Å². The average Bonchev–Trinajstić information content (AvgIpc) is 2.72. The van der Waals surface area contributed by atoms with Crippen molar-refractivity contribution in [1.29, 1.82) is 0 Å². The van der Waals surface area contributed by atoms with Crippen LogP contribution >= 0.6 is 0 Å². The fraction of sp³-hybridized carbons (Fsp3) is 0.348. The molecule has 0 bridgehead atoms. The smallest absolute Gasteiger partial charge is 0.218 e. The van der Waals surface area contributed by atoms with Crippen molar-refractivity contribution >= 4 is 5.91 Å². The minimum Gasteiger partial charge on any atom is -0.370 e. The molecule has 4 nitrogen and oxygen atoms in total. The monoisotopic (exact) mass is 379 g/mol. The molecule has 2 aromatic carbocycles. The normalized spacial score (nSPS) is 16.2. The van der Waals surface area contributed by atoms with Gasteiger partial charge in [0.2, 0.25) is 5.91 Å². The van der Waals surface area contributed by atoms with Gasteiger partial charge in [0.15, 0.2) is 0 Å². The van der Waals surface area contributed by atoms with E-state index in [1.54, 1.807) is 12.1 Å². The molecule has 0 saturated carbocycles. The Bertz CT molecular complexity index is 818. The lowest BCUT2D eigenvalue weighted by Gasteiger charge is -2.37. The number of amides is 1. The third kappa shape index (κ3) is 6.19. The number of hydrogen-bond acceptors (Lipinski definition) is 3. The van der Waals surface area contributed by atoms with E-state index in [0.29, 0.717) is 13.0 Å². The fourth-order valence-electron chi connectivity index (χ4n) is 3.38. The Morgan fingerprint density at radius 3 is 2.36 bits per heavy atom. The van der Waals surface area contributed by atoms with Gasteiger partial charge in [0.05, 0.1) is 6.04 Å². The Morgan fingerprint density at radius 1 is 1.04 bits per heavy atom. The van der Waals surface area contributed by atoms with Crippen molar-refractivity contribution in [3.63, 3.8) is 0 Å². The summed E-state index contributed by atoms with van der Waals surface area (Å²) in [7, 11) is 0. The molecule has 1 heterocycles. The highest BCUT2D eigenvalue weighted by Crippen LogP contribution is 2.13. The van der Waals surface area contributed by atoms with Crippen molar-refractivity contribution in [2.75, 3.05) is 32.7 Å². The molecule has 0 aromatic heterocycles. The highest BCUT2D eigenvalue weighted by Gasteiger charge is 2.23. The first-order valence-electron chi connectivity index (χ1n) is 9.66. The SMILES string of the molecule is NC(=O)CCN1CCN([C@H](C#Cc2ccc(F)cc2)Cc2ccccc2)CC1. The molecular formula is C23H26FN3O. The molecule has 1 fully saturated rings. The van der Waals surface area contributed by atoms with Crippen molar-refractivity contribution < 1.29 is 9.18 Å². The molecule has 1 atom stereocenters. The molecule has 1 amide bonds. The summed E-state index contributed by atoms with van der Waals surface area (Å²) in [5.41, 5.74) is 7.32. The van der Waals surface area contributed by atoms with Crippen LogP contribution in [-0.4, -0.2) is 54.5 Å². The van der Waals surface area contributed by atoms with Gasteiger partial charge in [0.25, 0.3) is 0 Å². The Labute approximate surface area is 166 Å². The van der Waals surface area contributed by atoms with Crippen molar-refractivity contribution in [3.05, 3.63) is 71.5 Å². The van der Waals surface area contributed by atoms with Crippen LogP contribution in [0.3, 0.4) is 0 Å². The molecule has 1 aliphatic rings. The van der Waals surface area contributed by atoms with E-state index in [4.69, 9.17) is 5.73 Å². The van der Waals surface area contributed by atoms with Crippen LogP contribution in [0.4, 0.5) is 4.39 Å². The average molecular weight is 379 g/mol. The molecular weight excluding hydrogens is 353 g/mol. The topological polar surface area (TPSA) is 49.6 Å². The molecule has 0 radical (unpaired) electrons. The van der Waals surface area contributed by atoms with Gasteiger partial charge >= 0.3 is 0 Å². The van der Waals surface area contributed by atoms with Crippen LogP contribution in [0.25, 0.3) is 0 Å². The third-order valence-electron chi connectivity index (χ3n) is 5.02. The van der Waals surface area contributed by atoms with Crippen LogP contribution in [0.2, 0.25) is 0 Å².